The highest BCUT2D eigenvalue weighted by atomic mass is 28.3. The first kappa shape index (κ1) is 19.3. The van der Waals surface area contributed by atoms with Crippen LogP contribution >= 0.6 is 0 Å². The second-order valence-corrected chi connectivity index (χ2v) is 13.4. The van der Waals surface area contributed by atoms with Crippen LogP contribution in [0.5, 0.6) is 0 Å². The van der Waals surface area contributed by atoms with Gasteiger partial charge in [0, 0.05) is 5.92 Å². The van der Waals surface area contributed by atoms with Gasteiger partial charge >= 0.3 is 0 Å². The molecule has 124 valence electrons. The minimum Gasteiger partial charge on any atom is -0.130 e. The highest BCUT2D eigenvalue weighted by molar-refractivity contribution is 6.90. The Bertz CT molecular complexity index is 432. The fourth-order valence-electron chi connectivity index (χ4n) is 4.00. The molecule has 22 heavy (non-hydrogen) atoms. The summed E-state index contributed by atoms with van der Waals surface area (Å²) in [6.45, 7) is 16.5. The molecule has 0 heterocycles. The summed E-state index contributed by atoms with van der Waals surface area (Å²) in [7, 11) is -1.57. The normalized spacial score (nSPS) is 17.8. The van der Waals surface area contributed by atoms with E-state index in [0.717, 1.165) is 16.6 Å². The van der Waals surface area contributed by atoms with Crippen molar-refractivity contribution in [1.29, 1.82) is 0 Å². The van der Waals surface area contributed by atoms with E-state index in [1.54, 1.807) is 0 Å². The van der Waals surface area contributed by atoms with Gasteiger partial charge in [0.05, 0.1) is 0 Å². The van der Waals surface area contributed by atoms with E-state index in [-0.39, 0.29) is 0 Å². The number of rotatable bonds is 5. The summed E-state index contributed by atoms with van der Waals surface area (Å²) in [6.07, 6.45) is 12.2. The molecule has 1 unspecified atom stereocenters. The average molecular weight is 317 g/mol. The minimum atomic E-state index is -1.57. The topological polar surface area (TPSA) is 0 Å². The molecule has 1 aliphatic carbocycles. The van der Waals surface area contributed by atoms with E-state index in [1.165, 1.54) is 31.3 Å². The van der Waals surface area contributed by atoms with Crippen molar-refractivity contribution in [2.45, 2.75) is 90.8 Å². The van der Waals surface area contributed by atoms with Gasteiger partial charge < -0.3 is 0 Å². The zero-order valence-corrected chi connectivity index (χ0v) is 16.9. The fourth-order valence-corrected chi connectivity index (χ4v) is 9.35. The lowest BCUT2D eigenvalue weighted by Gasteiger charge is -2.38. The minimum absolute atomic E-state index is 0.367. The molecule has 1 atom stereocenters. The first-order chi connectivity index (χ1) is 10.3. The quantitative estimate of drug-likeness (QED) is 0.382. The Morgan fingerprint density at radius 3 is 2.00 bits per heavy atom. The summed E-state index contributed by atoms with van der Waals surface area (Å²) < 4.78 is 0. The zero-order valence-electron chi connectivity index (χ0n) is 15.9. The average Bonchev–Trinajstić information content (AvgIpc) is 2.45. The first-order valence-corrected chi connectivity index (χ1v) is 11.4. The van der Waals surface area contributed by atoms with Crippen LogP contribution in [-0.2, 0) is 0 Å². The van der Waals surface area contributed by atoms with Crippen LogP contribution in [0.2, 0.25) is 16.6 Å². The number of hydrogen-bond acceptors (Lipinski definition) is 0. The maximum Gasteiger partial charge on any atom is 0.145 e. The van der Waals surface area contributed by atoms with Crippen molar-refractivity contribution in [3.63, 3.8) is 0 Å². The maximum absolute atomic E-state index is 3.84. The van der Waals surface area contributed by atoms with Gasteiger partial charge in [-0.3, -0.25) is 0 Å². The molecule has 0 aromatic heterocycles. The van der Waals surface area contributed by atoms with E-state index in [2.05, 4.69) is 78.2 Å². The van der Waals surface area contributed by atoms with Gasteiger partial charge in [-0.1, -0.05) is 65.3 Å². The van der Waals surface area contributed by atoms with Crippen LogP contribution < -0.4 is 0 Å². The number of allylic oxidation sites excluding steroid dienone is 4. The molecule has 0 fully saturated rings. The molecule has 0 spiro atoms. The Balaban J connectivity index is 2.88. The maximum atomic E-state index is 3.84. The second-order valence-electron chi connectivity index (χ2n) is 7.84. The van der Waals surface area contributed by atoms with Crippen molar-refractivity contribution >= 4 is 8.07 Å². The van der Waals surface area contributed by atoms with Crippen LogP contribution in [0.1, 0.15) is 74.1 Å². The molecular formula is C21H36Si. The van der Waals surface area contributed by atoms with Crippen molar-refractivity contribution in [1.82, 2.24) is 0 Å². The van der Waals surface area contributed by atoms with Gasteiger partial charge in [0.25, 0.3) is 0 Å². The second kappa shape index (κ2) is 8.78. The summed E-state index contributed by atoms with van der Waals surface area (Å²) in [5.41, 5.74) is 7.51. The highest BCUT2D eigenvalue weighted by Crippen LogP contribution is 2.40. The summed E-state index contributed by atoms with van der Waals surface area (Å²) in [4.78, 5) is 0. The molecular weight excluding hydrogens is 280 g/mol. The van der Waals surface area contributed by atoms with Gasteiger partial charge in [0.2, 0.25) is 0 Å². The Kier molecular flexibility index (Phi) is 7.70. The van der Waals surface area contributed by atoms with Gasteiger partial charge in [0.15, 0.2) is 0 Å². The summed E-state index contributed by atoms with van der Waals surface area (Å²) >= 11 is 0. The Morgan fingerprint density at radius 1 is 0.955 bits per heavy atom. The monoisotopic (exact) mass is 316 g/mol. The molecule has 0 saturated carbocycles. The predicted molar refractivity (Wildman–Crippen MR) is 104 cm³/mol. The van der Waals surface area contributed by atoms with E-state index >= 15 is 0 Å². The Hall–Kier alpha value is -0.743. The molecule has 1 heteroatoms. The molecule has 0 amide bonds. The number of hydrogen-bond donors (Lipinski definition) is 0. The lowest BCUT2D eigenvalue weighted by Crippen LogP contribution is -2.43. The molecule has 0 radical (unpaired) electrons. The van der Waals surface area contributed by atoms with Crippen molar-refractivity contribution in [3.05, 3.63) is 23.8 Å². The van der Waals surface area contributed by atoms with Gasteiger partial charge in [0.1, 0.15) is 8.07 Å². The Labute approximate surface area is 140 Å². The predicted octanol–water partition coefficient (Wildman–Crippen LogP) is 6.90. The van der Waals surface area contributed by atoms with E-state index in [1.807, 2.05) is 0 Å². The van der Waals surface area contributed by atoms with Crippen molar-refractivity contribution < 1.29 is 0 Å². The Morgan fingerprint density at radius 2 is 1.55 bits per heavy atom. The third-order valence-corrected chi connectivity index (χ3v) is 11.6. The van der Waals surface area contributed by atoms with Crippen LogP contribution in [0.4, 0.5) is 0 Å². The fraction of sp³-hybridized carbons (Fsp3) is 0.714. The molecule has 0 aromatic rings. The SMILES string of the molecule is CC(C#C[Si](C(C)C)(C(C)C)C(C)C)/C=C/C1=CCCCC1. The molecule has 1 rings (SSSR count). The van der Waals surface area contributed by atoms with Crippen LogP contribution in [0.25, 0.3) is 0 Å². The van der Waals surface area contributed by atoms with Crippen LogP contribution in [0, 0.1) is 17.4 Å². The van der Waals surface area contributed by atoms with Gasteiger partial charge in [-0.2, -0.15) is 0 Å². The molecule has 0 N–H and O–H groups in total. The van der Waals surface area contributed by atoms with E-state index < -0.39 is 8.07 Å². The summed E-state index contributed by atoms with van der Waals surface area (Å²) in [6, 6.07) is 0. The van der Waals surface area contributed by atoms with Crippen molar-refractivity contribution in [3.8, 4) is 11.5 Å². The highest BCUT2D eigenvalue weighted by Gasteiger charge is 2.41. The van der Waals surface area contributed by atoms with Gasteiger partial charge in [-0.15, -0.1) is 11.5 Å². The molecule has 1 aliphatic rings. The molecule has 0 bridgehead atoms. The largest absolute Gasteiger partial charge is 0.145 e. The smallest absolute Gasteiger partial charge is 0.130 e. The zero-order chi connectivity index (χ0) is 16.8. The molecule has 0 saturated heterocycles. The van der Waals surface area contributed by atoms with Crippen LogP contribution in [0.3, 0.4) is 0 Å². The third-order valence-electron chi connectivity index (χ3n) is 5.31. The molecule has 0 aromatic carbocycles. The van der Waals surface area contributed by atoms with Crippen LogP contribution in [-0.4, -0.2) is 8.07 Å². The third kappa shape index (κ3) is 4.88. The lowest BCUT2D eigenvalue weighted by molar-refractivity contribution is 0.711. The standard InChI is InChI=1S/C21H36Si/c1-17(2)22(18(3)4,19(5)6)16-15-20(7)13-14-21-11-9-8-10-12-21/h11,13-14,17-20H,8-10,12H2,1-7H3/b14-13+. The van der Waals surface area contributed by atoms with Crippen molar-refractivity contribution in [2.24, 2.45) is 5.92 Å². The lowest BCUT2D eigenvalue weighted by atomic mass is 9.98. The summed E-state index contributed by atoms with van der Waals surface area (Å²) in [5, 5.41) is 0. The van der Waals surface area contributed by atoms with Gasteiger partial charge in [-0.05, 0) is 49.2 Å². The molecule has 0 aliphatic heterocycles. The first-order valence-electron chi connectivity index (χ1n) is 9.20. The summed E-state index contributed by atoms with van der Waals surface area (Å²) in [5.74, 6) is 3.97. The van der Waals surface area contributed by atoms with E-state index in [9.17, 15) is 0 Å². The van der Waals surface area contributed by atoms with E-state index in [0.29, 0.717) is 5.92 Å². The van der Waals surface area contributed by atoms with Crippen LogP contribution in [0.15, 0.2) is 23.8 Å². The van der Waals surface area contributed by atoms with E-state index in [4.69, 9.17) is 0 Å². The molecule has 0 nitrogen and oxygen atoms in total. The van der Waals surface area contributed by atoms with Crippen molar-refractivity contribution in [2.75, 3.05) is 0 Å². The van der Waals surface area contributed by atoms with Gasteiger partial charge in [-0.25, -0.2) is 0 Å².